The summed E-state index contributed by atoms with van der Waals surface area (Å²) in [5.41, 5.74) is 1.03. The van der Waals surface area contributed by atoms with Gasteiger partial charge in [-0.3, -0.25) is 4.79 Å². The van der Waals surface area contributed by atoms with Gasteiger partial charge in [-0.1, -0.05) is 11.6 Å². The minimum absolute atomic E-state index is 0.0690. The number of carbonyl (C=O) groups is 1. The Hall–Kier alpha value is -2.07. The zero-order chi connectivity index (χ0) is 15.0. The Bertz CT molecular complexity index is 694. The smallest absolute Gasteiger partial charge is 0.170 e. The predicted molar refractivity (Wildman–Crippen MR) is 76.7 cm³/mol. The Labute approximate surface area is 126 Å². The number of Topliss-reactive ketones (excluding diaryl/α,β-unsaturated/α-hetero) is 1. The minimum atomic E-state index is -0.536. The average molecular weight is 307 g/mol. The monoisotopic (exact) mass is 306 g/mol. The first-order valence-corrected chi connectivity index (χ1v) is 6.78. The molecule has 0 bridgehead atoms. The molecule has 1 aliphatic rings. The largest absolute Gasteiger partial charge is 0.497 e. The molecule has 1 aliphatic heterocycles. The molecule has 5 heteroatoms. The van der Waals surface area contributed by atoms with Crippen LogP contribution in [0.1, 0.15) is 28.4 Å². The number of hydrogen-bond acceptors (Lipinski definition) is 3. The molecule has 3 rings (SSSR count). The summed E-state index contributed by atoms with van der Waals surface area (Å²) in [7, 11) is 1.54. The molecule has 0 aliphatic carbocycles. The average Bonchev–Trinajstić information content (AvgIpc) is 2.46. The molecule has 21 heavy (non-hydrogen) atoms. The van der Waals surface area contributed by atoms with Gasteiger partial charge in [0.2, 0.25) is 0 Å². The number of methoxy groups -OCH3 is 1. The Morgan fingerprint density at radius 1 is 1.29 bits per heavy atom. The molecule has 3 nitrogen and oxygen atoms in total. The van der Waals surface area contributed by atoms with E-state index >= 15 is 0 Å². The molecular formula is C16H12ClFO3. The van der Waals surface area contributed by atoms with E-state index in [1.807, 2.05) is 0 Å². The molecule has 1 unspecified atom stereocenters. The first kappa shape index (κ1) is 13.9. The highest BCUT2D eigenvalue weighted by molar-refractivity contribution is 6.30. The van der Waals surface area contributed by atoms with Crippen molar-refractivity contribution in [2.24, 2.45) is 0 Å². The van der Waals surface area contributed by atoms with Crippen LogP contribution in [-0.2, 0) is 0 Å². The fourth-order valence-electron chi connectivity index (χ4n) is 2.38. The van der Waals surface area contributed by atoms with E-state index < -0.39 is 11.9 Å². The predicted octanol–water partition coefficient (Wildman–Crippen LogP) is 4.19. The number of fused-ring (bicyclic) bond motifs is 1. The quantitative estimate of drug-likeness (QED) is 0.834. The van der Waals surface area contributed by atoms with E-state index in [1.54, 1.807) is 24.3 Å². The highest BCUT2D eigenvalue weighted by Gasteiger charge is 2.28. The van der Waals surface area contributed by atoms with E-state index in [-0.39, 0.29) is 17.2 Å². The molecule has 2 aromatic rings. The number of carbonyl (C=O) groups excluding carboxylic acids is 1. The van der Waals surface area contributed by atoms with Crippen molar-refractivity contribution in [3.05, 3.63) is 58.4 Å². The topological polar surface area (TPSA) is 35.5 Å². The van der Waals surface area contributed by atoms with Gasteiger partial charge in [0, 0.05) is 5.02 Å². The molecule has 2 aromatic carbocycles. The van der Waals surface area contributed by atoms with Gasteiger partial charge in [0.25, 0.3) is 0 Å². The summed E-state index contributed by atoms with van der Waals surface area (Å²) in [4.78, 5) is 12.2. The van der Waals surface area contributed by atoms with E-state index in [0.717, 1.165) is 0 Å². The molecule has 108 valence electrons. The molecule has 1 atom stereocenters. The summed E-state index contributed by atoms with van der Waals surface area (Å²) in [6, 6.07) is 9.20. The van der Waals surface area contributed by atoms with E-state index in [4.69, 9.17) is 21.1 Å². The van der Waals surface area contributed by atoms with Gasteiger partial charge < -0.3 is 9.47 Å². The van der Waals surface area contributed by atoms with Crippen LogP contribution < -0.4 is 9.47 Å². The highest BCUT2D eigenvalue weighted by Crippen LogP contribution is 2.37. The summed E-state index contributed by atoms with van der Waals surface area (Å²) >= 11 is 5.85. The lowest BCUT2D eigenvalue weighted by molar-refractivity contribution is 0.0849. The Morgan fingerprint density at radius 3 is 2.81 bits per heavy atom. The zero-order valence-corrected chi connectivity index (χ0v) is 12.0. The molecule has 0 radical (unpaired) electrons. The maximum Gasteiger partial charge on any atom is 0.170 e. The lowest BCUT2D eigenvalue weighted by Gasteiger charge is -2.26. The number of ketones is 1. The second kappa shape index (κ2) is 5.37. The van der Waals surface area contributed by atoms with Crippen LogP contribution >= 0.6 is 11.6 Å². The normalized spacial score (nSPS) is 17.1. The standard InChI is InChI=1S/C16H12ClFO3/c1-20-12-2-3-15-13(7-12)14(19)8-16(21-15)9-4-10(17)6-11(18)5-9/h2-7,16H,8H2,1H3. The third kappa shape index (κ3) is 2.72. The van der Waals surface area contributed by atoms with Crippen LogP contribution in [0.2, 0.25) is 5.02 Å². The number of rotatable bonds is 2. The van der Waals surface area contributed by atoms with Gasteiger partial charge in [-0.15, -0.1) is 0 Å². The second-order valence-corrected chi connectivity index (χ2v) is 5.24. The maximum atomic E-state index is 13.4. The van der Waals surface area contributed by atoms with E-state index in [2.05, 4.69) is 0 Å². The number of halogens is 2. The van der Waals surface area contributed by atoms with Crippen LogP contribution in [0.5, 0.6) is 11.5 Å². The van der Waals surface area contributed by atoms with Crippen LogP contribution in [0.25, 0.3) is 0 Å². The SMILES string of the molecule is COc1ccc2c(c1)C(=O)CC(c1cc(F)cc(Cl)c1)O2. The maximum absolute atomic E-state index is 13.4. The van der Waals surface area contributed by atoms with Gasteiger partial charge in [-0.05, 0) is 42.0 Å². The van der Waals surface area contributed by atoms with E-state index in [0.29, 0.717) is 22.6 Å². The lowest BCUT2D eigenvalue weighted by Crippen LogP contribution is -2.20. The molecule has 1 heterocycles. The van der Waals surface area contributed by atoms with Crippen molar-refractivity contribution in [1.29, 1.82) is 0 Å². The molecule has 0 fully saturated rings. The first-order valence-electron chi connectivity index (χ1n) is 6.40. The molecule has 0 amide bonds. The van der Waals surface area contributed by atoms with Gasteiger partial charge in [0.15, 0.2) is 5.78 Å². The first-order chi connectivity index (χ1) is 10.1. The number of hydrogen-bond donors (Lipinski definition) is 0. The third-order valence-electron chi connectivity index (χ3n) is 3.38. The fourth-order valence-corrected chi connectivity index (χ4v) is 2.61. The summed E-state index contributed by atoms with van der Waals surface area (Å²) in [6.45, 7) is 0. The Balaban J connectivity index is 1.96. The minimum Gasteiger partial charge on any atom is -0.497 e. The Morgan fingerprint density at radius 2 is 2.10 bits per heavy atom. The van der Waals surface area contributed by atoms with Gasteiger partial charge in [-0.25, -0.2) is 4.39 Å². The van der Waals surface area contributed by atoms with E-state index in [9.17, 15) is 9.18 Å². The molecule has 0 N–H and O–H groups in total. The van der Waals surface area contributed by atoms with Crippen molar-refractivity contribution in [2.45, 2.75) is 12.5 Å². The van der Waals surface area contributed by atoms with Crippen LogP contribution in [0.15, 0.2) is 36.4 Å². The van der Waals surface area contributed by atoms with Crippen molar-refractivity contribution >= 4 is 17.4 Å². The zero-order valence-electron chi connectivity index (χ0n) is 11.2. The van der Waals surface area contributed by atoms with Gasteiger partial charge in [0.05, 0.1) is 19.1 Å². The number of benzene rings is 2. The highest BCUT2D eigenvalue weighted by atomic mass is 35.5. The summed E-state index contributed by atoms with van der Waals surface area (Å²) in [5, 5.41) is 0.279. The van der Waals surface area contributed by atoms with Crippen LogP contribution in [0.4, 0.5) is 4.39 Å². The van der Waals surface area contributed by atoms with E-state index in [1.165, 1.54) is 19.2 Å². The molecule has 0 saturated heterocycles. The van der Waals surface area contributed by atoms with Gasteiger partial charge in [-0.2, -0.15) is 0 Å². The molecule has 0 spiro atoms. The molecule has 0 aromatic heterocycles. The van der Waals surface area contributed by atoms with Crippen LogP contribution in [0, 0.1) is 5.82 Å². The Kier molecular flexibility index (Phi) is 3.55. The summed E-state index contributed by atoms with van der Waals surface area (Å²) in [5.74, 6) is 0.546. The van der Waals surface area contributed by atoms with Gasteiger partial charge in [0.1, 0.15) is 23.4 Å². The summed E-state index contributed by atoms with van der Waals surface area (Å²) in [6.07, 6.45) is -0.397. The van der Waals surface area contributed by atoms with Crippen LogP contribution in [0.3, 0.4) is 0 Å². The molecular weight excluding hydrogens is 295 g/mol. The third-order valence-corrected chi connectivity index (χ3v) is 3.60. The molecule has 0 saturated carbocycles. The summed E-state index contributed by atoms with van der Waals surface area (Å²) < 4.78 is 24.3. The van der Waals surface area contributed by atoms with Crippen molar-refractivity contribution in [3.8, 4) is 11.5 Å². The van der Waals surface area contributed by atoms with Gasteiger partial charge >= 0.3 is 0 Å². The fraction of sp³-hybridized carbons (Fsp3) is 0.188. The lowest BCUT2D eigenvalue weighted by atomic mass is 9.96. The van der Waals surface area contributed by atoms with Crippen molar-refractivity contribution in [3.63, 3.8) is 0 Å². The van der Waals surface area contributed by atoms with Crippen LogP contribution in [-0.4, -0.2) is 12.9 Å². The van der Waals surface area contributed by atoms with Crippen molar-refractivity contribution < 1.29 is 18.7 Å². The number of ether oxygens (including phenoxy) is 2. The van der Waals surface area contributed by atoms with Crippen molar-refractivity contribution in [2.75, 3.05) is 7.11 Å². The van der Waals surface area contributed by atoms with Crippen molar-refractivity contribution in [1.82, 2.24) is 0 Å². The second-order valence-electron chi connectivity index (χ2n) is 4.80.